The lowest BCUT2D eigenvalue weighted by Crippen LogP contribution is -2.44. The van der Waals surface area contributed by atoms with Gasteiger partial charge in [-0.05, 0) is 52.5 Å². The predicted molar refractivity (Wildman–Crippen MR) is 93.6 cm³/mol. The van der Waals surface area contributed by atoms with E-state index in [0.717, 1.165) is 18.9 Å². The molecule has 3 rings (SSSR count). The fourth-order valence-electron chi connectivity index (χ4n) is 3.03. The minimum absolute atomic E-state index is 0.0316. The molecule has 1 aromatic carbocycles. The highest BCUT2D eigenvalue weighted by Gasteiger charge is 2.30. The van der Waals surface area contributed by atoms with Gasteiger partial charge in [-0.25, -0.2) is 0 Å². The Kier molecular flexibility index (Phi) is 5.72. The van der Waals surface area contributed by atoms with Crippen LogP contribution in [0.3, 0.4) is 0 Å². The molecule has 26 heavy (non-hydrogen) atoms. The van der Waals surface area contributed by atoms with Crippen molar-refractivity contribution in [3.05, 3.63) is 58.0 Å². The van der Waals surface area contributed by atoms with Gasteiger partial charge in [0.25, 0.3) is 5.91 Å². The van der Waals surface area contributed by atoms with Crippen LogP contribution >= 0.6 is 15.9 Å². The largest absolute Gasteiger partial charge is 0.444 e. The number of nitrogens with one attached hydrogen (secondary N) is 1. The zero-order valence-corrected chi connectivity index (χ0v) is 15.4. The normalized spacial score (nSPS) is 16.6. The van der Waals surface area contributed by atoms with Crippen molar-refractivity contribution in [3.8, 4) is 0 Å². The first-order valence-corrected chi connectivity index (χ1v) is 9.05. The fourth-order valence-corrected chi connectivity index (χ4v) is 3.34. The topological polar surface area (TPSA) is 45.5 Å². The van der Waals surface area contributed by atoms with Crippen LogP contribution in [0.1, 0.15) is 34.5 Å². The SMILES string of the molecule is O=C(NC1CCN(Cc2cccc(C(F)(F)F)c2)CC1)c1ccc(Br)o1. The minimum Gasteiger partial charge on any atom is -0.444 e. The summed E-state index contributed by atoms with van der Waals surface area (Å²) in [6, 6.07) is 8.71. The van der Waals surface area contributed by atoms with Crippen LogP contribution in [0.5, 0.6) is 0 Å². The summed E-state index contributed by atoms with van der Waals surface area (Å²) in [4.78, 5) is 14.2. The van der Waals surface area contributed by atoms with Gasteiger partial charge < -0.3 is 9.73 Å². The van der Waals surface area contributed by atoms with Crippen molar-refractivity contribution in [2.75, 3.05) is 13.1 Å². The van der Waals surface area contributed by atoms with Crippen molar-refractivity contribution in [1.82, 2.24) is 10.2 Å². The predicted octanol–water partition coefficient (Wildman–Crippen LogP) is 4.46. The number of piperidine rings is 1. The lowest BCUT2D eigenvalue weighted by Gasteiger charge is -2.32. The fraction of sp³-hybridized carbons (Fsp3) is 0.389. The van der Waals surface area contributed by atoms with Gasteiger partial charge in [-0.3, -0.25) is 9.69 Å². The molecular formula is C18H18BrF3N2O2. The van der Waals surface area contributed by atoms with Gasteiger partial charge in [-0.2, -0.15) is 13.2 Å². The first-order chi connectivity index (χ1) is 12.3. The van der Waals surface area contributed by atoms with Crippen molar-refractivity contribution in [2.45, 2.75) is 31.6 Å². The number of carbonyl (C=O) groups is 1. The van der Waals surface area contributed by atoms with Gasteiger partial charge in [-0.1, -0.05) is 18.2 Å². The number of amides is 1. The summed E-state index contributed by atoms with van der Waals surface area (Å²) in [5.41, 5.74) is 0.0181. The third-order valence-corrected chi connectivity index (χ3v) is 4.81. The molecule has 0 unspecified atom stereocenters. The Bertz CT molecular complexity index is 768. The highest BCUT2D eigenvalue weighted by Crippen LogP contribution is 2.30. The third kappa shape index (κ3) is 4.88. The summed E-state index contributed by atoms with van der Waals surface area (Å²) >= 11 is 3.16. The summed E-state index contributed by atoms with van der Waals surface area (Å²) in [5.74, 6) is -0.00435. The number of benzene rings is 1. The van der Waals surface area contributed by atoms with E-state index >= 15 is 0 Å². The van der Waals surface area contributed by atoms with Crippen molar-refractivity contribution in [1.29, 1.82) is 0 Å². The van der Waals surface area contributed by atoms with Gasteiger partial charge >= 0.3 is 6.18 Å². The highest BCUT2D eigenvalue weighted by atomic mass is 79.9. The molecule has 1 saturated heterocycles. The number of carbonyl (C=O) groups excluding carboxylic acids is 1. The standard InChI is InChI=1S/C18H18BrF3N2O2/c19-16-5-4-15(26-16)17(25)23-14-6-8-24(9-7-14)11-12-2-1-3-13(10-12)18(20,21)22/h1-5,10,14H,6-9,11H2,(H,23,25). The van der Waals surface area contributed by atoms with Crippen LogP contribution in [0.25, 0.3) is 0 Å². The highest BCUT2D eigenvalue weighted by molar-refractivity contribution is 9.10. The Morgan fingerprint density at radius 1 is 1.23 bits per heavy atom. The van der Waals surface area contributed by atoms with Gasteiger partial charge in [0.1, 0.15) is 0 Å². The lowest BCUT2D eigenvalue weighted by atomic mass is 10.0. The number of likely N-dealkylation sites (tertiary alicyclic amines) is 1. The smallest absolute Gasteiger partial charge is 0.416 e. The van der Waals surface area contributed by atoms with Crippen molar-refractivity contribution < 1.29 is 22.4 Å². The van der Waals surface area contributed by atoms with Gasteiger partial charge in [0.2, 0.25) is 0 Å². The average molecular weight is 431 g/mol. The molecule has 0 radical (unpaired) electrons. The van der Waals surface area contributed by atoms with Crippen LogP contribution in [0.15, 0.2) is 45.5 Å². The van der Waals surface area contributed by atoms with E-state index in [1.165, 1.54) is 12.1 Å². The van der Waals surface area contributed by atoms with Crippen LogP contribution < -0.4 is 5.32 Å². The molecule has 0 aliphatic carbocycles. The van der Waals surface area contributed by atoms with Gasteiger partial charge in [0.15, 0.2) is 10.4 Å². The van der Waals surface area contributed by atoms with Crippen LogP contribution in [-0.4, -0.2) is 29.9 Å². The van der Waals surface area contributed by atoms with E-state index in [9.17, 15) is 18.0 Å². The molecule has 1 N–H and O–H groups in total. The maximum Gasteiger partial charge on any atom is 0.416 e. The number of rotatable bonds is 4. The first kappa shape index (κ1) is 19.0. The quantitative estimate of drug-likeness (QED) is 0.778. The molecule has 0 spiro atoms. The van der Waals surface area contributed by atoms with Crippen LogP contribution in [0, 0.1) is 0 Å². The number of nitrogens with zero attached hydrogens (tertiary/aromatic N) is 1. The van der Waals surface area contributed by atoms with E-state index in [-0.39, 0.29) is 17.7 Å². The van der Waals surface area contributed by atoms with Crippen molar-refractivity contribution in [2.24, 2.45) is 0 Å². The molecule has 1 fully saturated rings. The van der Waals surface area contributed by atoms with Crippen molar-refractivity contribution >= 4 is 21.8 Å². The first-order valence-electron chi connectivity index (χ1n) is 8.26. The molecule has 1 amide bonds. The van der Waals surface area contributed by atoms with E-state index in [4.69, 9.17) is 4.42 Å². The Morgan fingerprint density at radius 2 is 1.96 bits per heavy atom. The summed E-state index contributed by atoms with van der Waals surface area (Å²) in [5, 5.41) is 2.93. The second-order valence-corrected chi connectivity index (χ2v) is 7.11. The van der Waals surface area contributed by atoms with E-state index in [1.807, 2.05) is 0 Å². The van der Waals surface area contributed by atoms with E-state index in [0.29, 0.717) is 29.9 Å². The molecule has 1 aromatic heterocycles. The molecule has 0 atom stereocenters. The Labute approximate surface area is 157 Å². The molecule has 4 nitrogen and oxygen atoms in total. The maximum absolute atomic E-state index is 12.8. The molecule has 2 aromatic rings. The third-order valence-electron chi connectivity index (χ3n) is 4.38. The Morgan fingerprint density at radius 3 is 2.58 bits per heavy atom. The Hall–Kier alpha value is -1.80. The summed E-state index contributed by atoms with van der Waals surface area (Å²) < 4.78 is 44.1. The summed E-state index contributed by atoms with van der Waals surface area (Å²) in [6.07, 6.45) is -2.84. The molecule has 140 valence electrons. The van der Waals surface area contributed by atoms with Crippen LogP contribution in [-0.2, 0) is 12.7 Å². The van der Waals surface area contributed by atoms with Gasteiger partial charge in [-0.15, -0.1) is 0 Å². The van der Waals surface area contributed by atoms with E-state index in [2.05, 4.69) is 26.1 Å². The van der Waals surface area contributed by atoms with Gasteiger partial charge in [0, 0.05) is 25.7 Å². The number of alkyl halides is 3. The lowest BCUT2D eigenvalue weighted by molar-refractivity contribution is -0.137. The monoisotopic (exact) mass is 430 g/mol. The molecule has 0 saturated carbocycles. The van der Waals surface area contributed by atoms with Crippen LogP contribution in [0.2, 0.25) is 0 Å². The molecule has 1 aliphatic heterocycles. The zero-order valence-electron chi connectivity index (χ0n) is 13.9. The number of hydrogen-bond acceptors (Lipinski definition) is 3. The Balaban J connectivity index is 1.50. The number of furan rings is 1. The molecule has 1 aliphatic rings. The van der Waals surface area contributed by atoms with E-state index < -0.39 is 11.7 Å². The summed E-state index contributed by atoms with van der Waals surface area (Å²) in [6.45, 7) is 1.89. The van der Waals surface area contributed by atoms with E-state index in [1.54, 1.807) is 18.2 Å². The molecule has 2 heterocycles. The number of hydrogen-bond donors (Lipinski definition) is 1. The van der Waals surface area contributed by atoms with Crippen LogP contribution in [0.4, 0.5) is 13.2 Å². The molecular weight excluding hydrogens is 413 g/mol. The number of halogens is 4. The second kappa shape index (κ2) is 7.84. The second-order valence-electron chi connectivity index (χ2n) is 6.33. The summed E-state index contributed by atoms with van der Waals surface area (Å²) in [7, 11) is 0. The molecule has 0 bridgehead atoms. The minimum atomic E-state index is -4.33. The van der Waals surface area contributed by atoms with Crippen molar-refractivity contribution in [3.63, 3.8) is 0 Å². The van der Waals surface area contributed by atoms with Gasteiger partial charge in [0.05, 0.1) is 5.56 Å². The average Bonchev–Trinajstić information content (AvgIpc) is 3.03. The molecule has 8 heteroatoms. The maximum atomic E-state index is 12.8. The zero-order chi connectivity index (χ0) is 18.7.